The maximum atomic E-state index is 11.7. The Bertz CT molecular complexity index is 260. The Morgan fingerprint density at radius 3 is 2.73 bits per heavy atom. The summed E-state index contributed by atoms with van der Waals surface area (Å²) in [5, 5.41) is 2.52. The summed E-state index contributed by atoms with van der Waals surface area (Å²) in [5.41, 5.74) is 10.8. The van der Waals surface area contributed by atoms with Gasteiger partial charge in [0.25, 0.3) is 0 Å². The van der Waals surface area contributed by atoms with Crippen LogP contribution >= 0.6 is 11.8 Å². The zero-order valence-electron chi connectivity index (χ0n) is 8.73. The van der Waals surface area contributed by atoms with Crippen LogP contribution < -0.4 is 16.8 Å². The molecule has 0 spiro atoms. The second-order valence-electron chi connectivity index (χ2n) is 3.63. The number of thioether (sulfide) groups is 1. The number of nitrogens with one attached hydrogen (secondary N) is 1. The van der Waals surface area contributed by atoms with Crippen molar-refractivity contribution in [2.75, 3.05) is 5.75 Å². The number of primary amides is 1. The van der Waals surface area contributed by atoms with Gasteiger partial charge in [0.05, 0.1) is 12.1 Å². The molecule has 0 aliphatic carbocycles. The molecular formula is C9H17N3O2S. The third kappa shape index (κ3) is 3.19. The van der Waals surface area contributed by atoms with Gasteiger partial charge in [-0.3, -0.25) is 14.9 Å². The number of Topliss-reactive ketones (excluding diaryl/α,β-unsaturated/α-hetero) is 1. The topological polar surface area (TPSA) is 98.2 Å². The molecular weight excluding hydrogens is 214 g/mol. The molecule has 0 aromatic rings. The second-order valence-corrected chi connectivity index (χ2v) is 4.77. The SMILES string of the molecule is CCC[C@H](N)C(=O)C1NC(C(N)=O)CS1. The molecule has 0 bridgehead atoms. The van der Waals surface area contributed by atoms with Crippen LogP contribution in [0.5, 0.6) is 0 Å². The van der Waals surface area contributed by atoms with E-state index < -0.39 is 18.0 Å². The van der Waals surface area contributed by atoms with Crippen LogP contribution in [0.2, 0.25) is 0 Å². The highest BCUT2D eigenvalue weighted by atomic mass is 32.2. The van der Waals surface area contributed by atoms with E-state index in [1.165, 1.54) is 11.8 Å². The van der Waals surface area contributed by atoms with E-state index in [1.807, 2.05) is 6.92 Å². The first kappa shape index (κ1) is 12.5. The van der Waals surface area contributed by atoms with Crippen LogP contribution in [-0.2, 0) is 9.59 Å². The van der Waals surface area contributed by atoms with E-state index in [0.29, 0.717) is 12.2 Å². The summed E-state index contributed by atoms with van der Waals surface area (Å²) in [7, 11) is 0. The van der Waals surface area contributed by atoms with Crippen molar-refractivity contribution < 1.29 is 9.59 Å². The number of hydrogen-bond donors (Lipinski definition) is 3. The van der Waals surface area contributed by atoms with Gasteiger partial charge in [-0.1, -0.05) is 13.3 Å². The third-order valence-electron chi connectivity index (χ3n) is 2.35. The average molecular weight is 231 g/mol. The Labute approximate surface area is 93.3 Å². The largest absolute Gasteiger partial charge is 0.368 e. The first-order valence-corrected chi connectivity index (χ1v) is 6.07. The van der Waals surface area contributed by atoms with Crippen molar-refractivity contribution in [1.82, 2.24) is 5.32 Å². The molecule has 0 radical (unpaired) electrons. The lowest BCUT2D eigenvalue weighted by molar-refractivity contribution is -0.121. The number of carbonyl (C=O) groups is 2. The summed E-state index contributed by atoms with van der Waals surface area (Å²) in [5.74, 6) is 0.0948. The summed E-state index contributed by atoms with van der Waals surface area (Å²) >= 11 is 1.40. The molecule has 5 N–H and O–H groups in total. The molecule has 1 rings (SSSR count). The maximum absolute atomic E-state index is 11.7. The van der Waals surface area contributed by atoms with E-state index in [4.69, 9.17) is 11.5 Å². The predicted octanol–water partition coefficient (Wildman–Crippen LogP) is -0.801. The van der Waals surface area contributed by atoms with Crippen molar-refractivity contribution in [1.29, 1.82) is 0 Å². The van der Waals surface area contributed by atoms with Crippen molar-refractivity contribution in [2.45, 2.75) is 37.2 Å². The minimum Gasteiger partial charge on any atom is -0.368 e. The minimum atomic E-state index is -0.438. The quantitative estimate of drug-likeness (QED) is 0.575. The lowest BCUT2D eigenvalue weighted by Gasteiger charge is -2.15. The van der Waals surface area contributed by atoms with Gasteiger partial charge in [0.15, 0.2) is 5.78 Å². The van der Waals surface area contributed by atoms with E-state index in [2.05, 4.69) is 5.32 Å². The molecule has 2 unspecified atom stereocenters. The summed E-state index contributed by atoms with van der Waals surface area (Å²) in [6.07, 6.45) is 1.56. The molecule has 6 heteroatoms. The molecule has 1 aliphatic rings. The van der Waals surface area contributed by atoms with Gasteiger partial charge in [0.2, 0.25) is 5.91 Å². The van der Waals surface area contributed by atoms with Gasteiger partial charge >= 0.3 is 0 Å². The fraction of sp³-hybridized carbons (Fsp3) is 0.778. The van der Waals surface area contributed by atoms with Crippen LogP contribution in [0, 0.1) is 0 Å². The van der Waals surface area contributed by atoms with Crippen LogP contribution in [-0.4, -0.2) is 34.9 Å². The Balaban J connectivity index is 2.46. The van der Waals surface area contributed by atoms with Crippen molar-refractivity contribution in [2.24, 2.45) is 11.5 Å². The second kappa shape index (κ2) is 5.48. The van der Waals surface area contributed by atoms with Crippen molar-refractivity contribution >= 4 is 23.5 Å². The summed E-state index contributed by atoms with van der Waals surface area (Å²) in [4.78, 5) is 22.6. The molecule has 1 heterocycles. The summed E-state index contributed by atoms with van der Waals surface area (Å²) in [6.45, 7) is 1.98. The fourth-order valence-corrected chi connectivity index (χ4v) is 2.69. The molecule has 0 aromatic carbocycles. The third-order valence-corrected chi connectivity index (χ3v) is 3.58. The Morgan fingerprint density at radius 2 is 2.27 bits per heavy atom. The fourth-order valence-electron chi connectivity index (χ4n) is 1.45. The van der Waals surface area contributed by atoms with Gasteiger partial charge in [0, 0.05) is 5.75 Å². The van der Waals surface area contributed by atoms with Crippen LogP contribution in [0.1, 0.15) is 19.8 Å². The van der Waals surface area contributed by atoms with Crippen LogP contribution in [0.25, 0.3) is 0 Å². The van der Waals surface area contributed by atoms with Crippen LogP contribution in [0.3, 0.4) is 0 Å². The normalized spacial score (nSPS) is 27.6. The Hall–Kier alpha value is -0.590. The van der Waals surface area contributed by atoms with E-state index in [0.717, 1.165) is 6.42 Å². The highest BCUT2D eigenvalue weighted by Crippen LogP contribution is 2.20. The molecule has 86 valence electrons. The molecule has 3 atom stereocenters. The Morgan fingerprint density at radius 1 is 1.60 bits per heavy atom. The molecule has 5 nitrogen and oxygen atoms in total. The maximum Gasteiger partial charge on any atom is 0.235 e. The van der Waals surface area contributed by atoms with Crippen molar-refractivity contribution in [3.63, 3.8) is 0 Å². The number of amides is 1. The van der Waals surface area contributed by atoms with E-state index in [-0.39, 0.29) is 11.2 Å². The predicted molar refractivity (Wildman–Crippen MR) is 60.3 cm³/mol. The molecule has 0 aromatic heterocycles. The average Bonchev–Trinajstić information content (AvgIpc) is 2.65. The first-order chi connectivity index (χ1) is 7.06. The summed E-state index contributed by atoms with van der Waals surface area (Å²) < 4.78 is 0. The molecule has 1 amide bonds. The smallest absolute Gasteiger partial charge is 0.235 e. The van der Waals surface area contributed by atoms with Gasteiger partial charge in [-0.2, -0.15) is 0 Å². The van der Waals surface area contributed by atoms with Crippen LogP contribution in [0.4, 0.5) is 0 Å². The lowest BCUT2D eigenvalue weighted by Crippen LogP contribution is -2.47. The van der Waals surface area contributed by atoms with Gasteiger partial charge in [-0.25, -0.2) is 0 Å². The monoisotopic (exact) mass is 231 g/mol. The number of ketones is 1. The number of rotatable bonds is 5. The van der Waals surface area contributed by atoms with E-state index in [1.54, 1.807) is 0 Å². The van der Waals surface area contributed by atoms with E-state index >= 15 is 0 Å². The highest BCUT2D eigenvalue weighted by Gasteiger charge is 2.34. The van der Waals surface area contributed by atoms with Crippen molar-refractivity contribution in [3.05, 3.63) is 0 Å². The molecule has 0 saturated carbocycles. The zero-order chi connectivity index (χ0) is 11.4. The van der Waals surface area contributed by atoms with Gasteiger partial charge < -0.3 is 11.5 Å². The Kier molecular flexibility index (Phi) is 4.56. The number of carbonyl (C=O) groups excluding carboxylic acids is 2. The molecule has 1 aliphatic heterocycles. The van der Waals surface area contributed by atoms with Crippen LogP contribution in [0.15, 0.2) is 0 Å². The standard InChI is InChI=1S/C9H17N3O2S/c1-2-3-5(10)7(13)9-12-6(4-15-9)8(11)14/h5-6,9,12H,2-4,10H2,1H3,(H2,11,14)/t5-,6?,9?/m0/s1. The van der Waals surface area contributed by atoms with Gasteiger partial charge in [-0.05, 0) is 6.42 Å². The number of hydrogen-bond acceptors (Lipinski definition) is 5. The van der Waals surface area contributed by atoms with Gasteiger partial charge in [-0.15, -0.1) is 11.8 Å². The highest BCUT2D eigenvalue weighted by molar-refractivity contribution is 8.00. The molecule has 1 fully saturated rings. The zero-order valence-corrected chi connectivity index (χ0v) is 9.55. The minimum absolute atomic E-state index is 0.0365. The number of nitrogens with two attached hydrogens (primary N) is 2. The first-order valence-electron chi connectivity index (χ1n) is 5.02. The van der Waals surface area contributed by atoms with Crippen molar-refractivity contribution in [3.8, 4) is 0 Å². The van der Waals surface area contributed by atoms with E-state index in [9.17, 15) is 9.59 Å². The lowest BCUT2D eigenvalue weighted by atomic mass is 10.1. The molecule has 1 saturated heterocycles. The summed E-state index contributed by atoms with van der Waals surface area (Å²) in [6, 6.07) is -0.843. The molecule has 15 heavy (non-hydrogen) atoms. The van der Waals surface area contributed by atoms with Gasteiger partial charge in [0.1, 0.15) is 5.37 Å².